The standard InChI is InChI=1S/C30H18O13/c31-11-3-12(32)6-15(5-11)39-22-10-18(36)25(38)30-28(22)42-21-2-1-20-24(27(21)43-30)23-17(35)9-19(37)26(29(23)41-20)40-16-7-13(33)4-14(34)8-16/h1-10,31-38H. The molecular formula is C30H18O13. The van der Waals surface area contributed by atoms with Gasteiger partial charge in [-0.1, -0.05) is 0 Å². The quantitative estimate of drug-likeness (QED) is 0.101. The first-order valence-corrected chi connectivity index (χ1v) is 12.4. The zero-order valence-corrected chi connectivity index (χ0v) is 21.4. The van der Waals surface area contributed by atoms with E-state index in [1.54, 1.807) is 0 Å². The highest BCUT2D eigenvalue weighted by Gasteiger charge is 2.33. The van der Waals surface area contributed by atoms with Gasteiger partial charge in [-0.15, -0.1) is 0 Å². The number of hydrogen-bond donors (Lipinski definition) is 8. The van der Waals surface area contributed by atoms with Crippen LogP contribution < -0.4 is 18.9 Å². The largest absolute Gasteiger partial charge is 0.508 e. The molecule has 216 valence electrons. The van der Waals surface area contributed by atoms with Gasteiger partial charge in [0.25, 0.3) is 0 Å². The Bertz CT molecular complexity index is 2090. The van der Waals surface area contributed by atoms with Crippen LogP contribution in [0.1, 0.15) is 0 Å². The summed E-state index contributed by atoms with van der Waals surface area (Å²) in [6.07, 6.45) is 0. The van der Waals surface area contributed by atoms with Crippen LogP contribution in [-0.4, -0.2) is 40.9 Å². The van der Waals surface area contributed by atoms with E-state index < -0.39 is 23.0 Å². The molecule has 1 aromatic heterocycles. The summed E-state index contributed by atoms with van der Waals surface area (Å²) in [6, 6.07) is 11.9. The first-order valence-electron chi connectivity index (χ1n) is 12.4. The van der Waals surface area contributed by atoms with E-state index in [4.69, 9.17) is 23.4 Å². The van der Waals surface area contributed by atoms with Crippen LogP contribution in [-0.2, 0) is 0 Å². The van der Waals surface area contributed by atoms with Gasteiger partial charge in [0, 0.05) is 48.5 Å². The van der Waals surface area contributed by atoms with Crippen molar-refractivity contribution in [3.8, 4) is 92.0 Å². The fourth-order valence-corrected chi connectivity index (χ4v) is 4.78. The number of benzene rings is 5. The van der Waals surface area contributed by atoms with Crippen LogP contribution >= 0.6 is 0 Å². The predicted octanol–water partition coefficient (Wildman–Crippen LogP) is 6.71. The van der Waals surface area contributed by atoms with Crippen molar-refractivity contribution < 1.29 is 64.2 Å². The molecule has 43 heavy (non-hydrogen) atoms. The van der Waals surface area contributed by atoms with E-state index in [1.807, 2.05) is 0 Å². The Kier molecular flexibility index (Phi) is 5.33. The summed E-state index contributed by atoms with van der Waals surface area (Å²) in [6.45, 7) is 0. The number of aromatic hydroxyl groups is 8. The maximum atomic E-state index is 10.9. The second kappa shape index (κ2) is 9.01. The molecule has 0 spiro atoms. The van der Waals surface area contributed by atoms with Crippen molar-refractivity contribution in [1.82, 2.24) is 0 Å². The first kappa shape index (κ1) is 25.5. The fraction of sp³-hybridized carbons (Fsp3) is 0. The van der Waals surface area contributed by atoms with E-state index >= 15 is 0 Å². The smallest absolute Gasteiger partial charge is 0.219 e. The lowest BCUT2D eigenvalue weighted by Gasteiger charge is -2.24. The summed E-state index contributed by atoms with van der Waals surface area (Å²) >= 11 is 0. The Morgan fingerprint density at radius 3 is 1.79 bits per heavy atom. The molecule has 0 saturated heterocycles. The molecule has 7 rings (SSSR count). The monoisotopic (exact) mass is 586 g/mol. The van der Waals surface area contributed by atoms with E-state index in [0.29, 0.717) is 0 Å². The number of phenols is 8. The van der Waals surface area contributed by atoms with Crippen LogP contribution in [0.4, 0.5) is 0 Å². The number of fused-ring (bicyclic) bond motifs is 6. The Morgan fingerprint density at radius 2 is 1.14 bits per heavy atom. The predicted molar refractivity (Wildman–Crippen MR) is 147 cm³/mol. The number of furan rings is 1. The molecule has 2 heterocycles. The molecule has 0 unspecified atom stereocenters. The van der Waals surface area contributed by atoms with Crippen molar-refractivity contribution in [2.24, 2.45) is 0 Å². The summed E-state index contributed by atoms with van der Waals surface area (Å²) < 4.78 is 29.4. The molecule has 0 atom stereocenters. The summed E-state index contributed by atoms with van der Waals surface area (Å²) in [5.74, 6) is -4.48. The van der Waals surface area contributed by atoms with Crippen molar-refractivity contribution in [1.29, 1.82) is 0 Å². The summed E-state index contributed by atoms with van der Waals surface area (Å²) in [4.78, 5) is 0. The minimum absolute atomic E-state index is 0.0161. The number of phenolic OH excluding ortho intramolecular Hbond substituents is 8. The Hall–Kier alpha value is -6.50. The molecule has 8 N–H and O–H groups in total. The van der Waals surface area contributed by atoms with Crippen LogP contribution in [0.5, 0.6) is 92.0 Å². The molecule has 6 aromatic rings. The molecule has 0 bridgehead atoms. The molecule has 0 amide bonds. The number of ether oxygens (including phenoxy) is 4. The molecule has 5 aromatic carbocycles. The van der Waals surface area contributed by atoms with Crippen molar-refractivity contribution >= 4 is 21.9 Å². The van der Waals surface area contributed by atoms with Gasteiger partial charge in [0.2, 0.25) is 23.0 Å². The third kappa shape index (κ3) is 4.11. The minimum Gasteiger partial charge on any atom is -0.508 e. The SMILES string of the molecule is Oc1cc(O)cc(Oc2cc(O)c(O)c3c2Oc2ccc4oc5c(Oc6cc(O)cc(O)c6)c(O)cc(O)c5c4c2O3)c1. The molecule has 13 heteroatoms. The maximum Gasteiger partial charge on any atom is 0.219 e. The van der Waals surface area contributed by atoms with Gasteiger partial charge in [-0.2, -0.15) is 0 Å². The van der Waals surface area contributed by atoms with Gasteiger partial charge in [0.1, 0.15) is 45.8 Å². The summed E-state index contributed by atoms with van der Waals surface area (Å²) in [5, 5.41) is 82.0. The number of hydrogen-bond acceptors (Lipinski definition) is 13. The summed E-state index contributed by atoms with van der Waals surface area (Å²) in [7, 11) is 0. The van der Waals surface area contributed by atoms with Gasteiger partial charge in [0.15, 0.2) is 34.3 Å². The van der Waals surface area contributed by atoms with Crippen molar-refractivity contribution in [3.63, 3.8) is 0 Å². The lowest BCUT2D eigenvalue weighted by Crippen LogP contribution is -2.02. The lowest BCUT2D eigenvalue weighted by atomic mass is 10.1. The van der Waals surface area contributed by atoms with E-state index in [1.165, 1.54) is 36.4 Å². The van der Waals surface area contributed by atoms with Crippen LogP contribution in [0.15, 0.2) is 65.1 Å². The van der Waals surface area contributed by atoms with Crippen molar-refractivity contribution in [3.05, 3.63) is 60.7 Å². The van der Waals surface area contributed by atoms with Crippen LogP contribution in [0.3, 0.4) is 0 Å². The Labute approximate surface area is 239 Å². The van der Waals surface area contributed by atoms with Crippen molar-refractivity contribution in [2.75, 3.05) is 0 Å². The molecular weight excluding hydrogens is 568 g/mol. The first-order chi connectivity index (χ1) is 20.5. The Balaban J connectivity index is 1.38. The molecule has 0 aliphatic carbocycles. The zero-order chi connectivity index (χ0) is 30.2. The minimum atomic E-state index is -0.703. The fourth-order valence-electron chi connectivity index (χ4n) is 4.78. The highest BCUT2D eigenvalue weighted by Crippen LogP contribution is 2.60. The van der Waals surface area contributed by atoms with E-state index in [9.17, 15) is 40.9 Å². The van der Waals surface area contributed by atoms with Crippen LogP contribution in [0, 0.1) is 0 Å². The summed E-state index contributed by atoms with van der Waals surface area (Å²) in [5.41, 5.74) is 0.00244. The molecule has 0 saturated carbocycles. The van der Waals surface area contributed by atoms with E-state index in [2.05, 4.69) is 0 Å². The molecule has 0 radical (unpaired) electrons. The molecule has 1 aliphatic heterocycles. The van der Waals surface area contributed by atoms with Gasteiger partial charge in [-0.05, 0) is 12.1 Å². The highest BCUT2D eigenvalue weighted by atomic mass is 16.6. The second-order valence-electron chi connectivity index (χ2n) is 9.50. The van der Waals surface area contributed by atoms with Crippen LogP contribution in [0.25, 0.3) is 21.9 Å². The number of rotatable bonds is 4. The van der Waals surface area contributed by atoms with E-state index in [-0.39, 0.29) is 90.9 Å². The van der Waals surface area contributed by atoms with Crippen molar-refractivity contribution in [2.45, 2.75) is 0 Å². The molecule has 13 nitrogen and oxygen atoms in total. The highest BCUT2D eigenvalue weighted by molar-refractivity contribution is 6.14. The lowest BCUT2D eigenvalue weighted by molar-refractivity contribution is 0.313. The normalized spacial score (nSPS) is 11.9. The van der Waals surface area contributed by atoms with E-state index in [0.717, 1.165) is 24.3 Å². The zero-order valence-electron chi connectivity index (χ0n) is 21.4. The van der Waals surface area contributed by atoms with Gasteiger partial charge in [-0.25, -0.2) is 0 Å². The average molecular weight is 586 g/mol. The van der Waals surface area contributed by atoms with Gasteiger partial charge in [0.05, 0.1) is 10.8 Å². The van der Waals surface area contributed by atoms with Gasteiger partial charge >= 0.3 is 0 Å². The maximum absolute atomic E-state index is 10.9. The topological polar surface area (TPSA) is 212 Å². The van der Waals surface area contributed by atoms with Crippen LogP contribution in [0.2, 0.25) is 0 Å². The average Bonchev–Trinajstić information content (AvgIpc) is 3.33. The van der Waals surface area contributed by atoms with Gasteiger partial charge in [-0.3, -0.25) is 0 Å². The molecule has 1 aliphatic rings. The van der Waals surface area contributed by atoms with Gasteiger partial charge < -0.3 is 64.2 Å². The Morgan fingerprint density at radius 1 is 0.512 bits per heavy atom. The molecule has 0 fully saturated rings. The third-order valence-corrected chi connectivity index (χ3v) is 6.51. The second-order valence-corrected chi connectivity index (χ2v) is 9.50. The third-order valence-electron chi connectivity index (χ3n) is 6.51.